The Morgan fingerprint density at radius 2 is 2.30 bits per heavy atom. The van der Waals surface area contributed by atoms with Gasteiger partial charge in [0, 0.05) is 4.75 Å². The van der Waals surface area contributed by atoms with Gasteiger partial charge in [0.1, 0.15) is 0 Å². The van der Waals surface area contributed by atoms with E-state index >= 15 is 0 Å². The molecule has 1 fully saturated rings. The Labute approximate surface area is 67.8 Å². The first-order valence-electron chi connectivity index (χ1n) is 4.11. The first-order valence-corrected chi connectivity index (χ1v) is 5.09. The van der Waals surface area contributed by atoms with Crippen molar-refractivity contribution >= 4 is 11.8 Å². The maximum atomic E-state index is 5.53. The molecule has 1 atom stereocenters. The number of hydrogen-bond acceptors (Lipinski definition) is 2. The van der Waals surface area contributed by atoms with Crippen molar-refractivity contribution in [2.45, 2.75) is 37.4 Å². The van der Waals surface area contributed by atoms with Crippen molar-refractivity contribution in [2.75, 3.05) is 12.3 Å². The zero-order valence-electron chi connectivity index (χ0n) is 6.73. The van der Waals surface area contributed by atoms with Gasteiger partial charge in [0.2, 0.25) is 0 Å². The molecule has 1 unspecified atom stereocenters. The smallest absolute Gasteiger partial charge is 0.0143 e. The quantitative estimate of drug-likeness (QED) is 0.667. The van der Waals surface area contributed by atoms with Crippen LogP contribution in [0.2, 0.25) is 0 Å². The minimum Gasteiger partial charge on any atom is -0.330 e. The molecule has 10 heavy (non-hydrogen) atoms. The van der Waals surface area contributed by atoms with Crippen molar-refractivity contribution in [1.82, 2.24) is 0 Å². The number of nitrogens with two attached hydrogens (primary N) is 1. The summed E-state index contributed by atoms with van der Waals surface area (Å²) >= 11 is 2.11. The first-order chi connectivity index (χ1) is 4.77. The van der Waals surface area contributed by atoms with Gasteiger partial charge in [-0.3, -0.25) is 0 Å². The van der Waals surface area contributed by atoms with Gasteiger partial charge in [0.25, 0.3) is 0 Å². The van der Waals surface area contributed by atoms with Crippen LogP contribution in [0.3, 0.4) is 0 Å². The summed E-state index contributed by atoms with van der Waals surface area (Å²) in [5.74, 6) is 1.34. The van der Waals surface area contributed by atoms with Crippen LogP contribution in [-0.4, -0.2) is 17.0 Å². The van der Waals surface area contributed by atoms with Crippen molar-refractivity contribution in [1.29, 1.82) is 0 Å². The topological polar surface area (TPSA) is 26.0 Å². The third kappa shape index (κ3) is 2.17. The lowest BCUT2D eigenvalue weighted by Crippen LogP contribution is -2.27. The summed E-state index contributed by atoms with van der Waals surface area (Å²) in [5.41, 5.74) is 5.53. The SMILES string of the molecule is CC1(CCN)CCCCS1. The van der Waals surface area contributed by atoms with Crippen LogP contribution in [0.15, 0.2) is 0 Å². The third-order valence-corrected chi connectivity index (χ3v) is 3.82. The van der Waals surface area contributed by atoms with Crippen LogP contribution in [0, 0.1) is 0 Å². The highest BCUT2D eigenvalue weighted by molar-refractivity contribution is 8.00. The van der Waals surface area contributed by atoms with Gasteiger partial charge in [-0.05, 0) is 31.6 Å². The molecule has 0 radical (unpaired) electrons. The summed E-state index contributed by atoms with van der Waals surface area (Å²) < 4.78 is 0.521. The number of hydrogen-bond donors (Lipinski definition) is 1. The fraction of sp³-hybridized carbons (Fsp3) is 1.00. The Hall–Kier alpha value is 0.310. The maximum Gasteiger partial charge on any atom is 0.0143 e. The summed E-state index contributed by atoms with van der Waals surface area (Å²) in [4.78, 5) is 0. The van der Waals surface area contributed by atoms with Crippen molar-refractivity contribution < 1.29 is 0 Å². The second-order valence-corrected chi connectivity index (χ2v) is 4.98. The van der Waals surface area contributed by atoms with Crippen LogP contribution in [0.1, 0.15) is 32.6 Å². The van der Waals surface area contributed by atoms with Gasteiger partial charge < -0.3 is 5.73 Å². The predicted molar refractivity (Wildman–Crippen MR) is 48.4 cm³/mol. The lowest BCUT2D eigenvalue weighted by atomic mass is 9.99. The molecule has 0 aromatic heterocycles. The molecule has 0 aliphatic carbocycles. The molecule has 1 rings (SSSR count). The monoisotopic (exact) mass is 159 g/mol. The average Bonchev–Trinajstić information content (AvgIpc) is 1.89. The van der Waals surface area contributed by atoms with Crippen LogP contribution >= 0.6 is 11.8 Å². The Morgan fingerprint density at radius 1 is 1.50 bits per heavy atom. The largest absolute Gasteiger partial charge is 0.330 e. The Morgan fingerprint density at radius 3 is 2.80 bits per heavy atom. The van der Waals surface area contributed by atoms with E-state index in [2.05, 4.69) is 18.7 Å². The summed E-state index contributed by atoms with van der Waals surface area (Å²) in [6, 6.07) is 0. The Balaban J connectivity index is 2.32. The van der Waals surface area contributed by atoms with Gasteiger partial charge in [-0.15, -0.1) is 0 Å². The Kier molecular flexibility index (Phi) is 3.05. The van der Waals surface area contributed by atoms with E-state index < -0.39 is 0 Å². The van der Waals surface area contributed by atoms with E-state index in [1.54, 1.807) is 0 Å². The van der Waals surface area contributed by atoms with Crippen LogP contribution in [0.4, 0.5) is 0 Å². The van der Waals surface area contributed by atoms with Gasteiger partial charge in [-0.25, -0.2) is 0 Å². The van der Waals surface area contributed by atoms with E-state index in [0.717, 1.165) is 6.54 Å². The summed E-state index contributed by atoms with van der Waals surface area (Å²) in [6.07, 6.45) is 5.38. The van der Waals surface area contributed by atoms with Crippen LogP contribution < -0.4 is 5.73 Å². The molecule has 0 aromatic rings. The highest BCUT2D eigenvalue weighted by atomic mass is 32.2. The molecular formula is C8H17NS. The molecule has 1 aliphatic rings. The fourth-order valence-corrected chi connectivity index (χ4v) is 2.89. The van der Waals surface area contributed by atoms with Gasteiger partial charge >= 0.3 is 0 Å². The molecule has 1 aliphatic heterocycles. The van der Waals surface area contributed by atoms with E-state index in [1.807, 2.05) is 0 Å². The second kappa shape index (κ2) is 3.63. The van der Waals surface area contributed by atoms with Crippen LogP contribution in [-0.2, 0) is 0 Å². The van der Waals surface area contributed by atoms with Crippen molar-refractivity contribution in [2.24, 2.45) is 5.73 Å². The van der Waals surface area contributed by atoms with Crippen molar-refractivity contribution in [3.63, 3.8) is 0 Å². The van der Waals surface area contributed by atoms with Gasteiger partial charge in [0.15, 0.2) is 0 Å². The third-order valence-electron chi connectivity index (χ3n) is 2.22. The molecule has 0 bridgehead atoms. The van der Waals surface area contributed by atoms with Crippen molar-refractivity contribution in [3.05, 3.63) is 0 Å². The molecule has 0 spiro atoms. The molecule has 1 saturated heterocycles. The molecule has 0 amide bonds. The van der Waals surface area contributed by atoms with Gasteiger partial charge in [-0.1, -0.05) is 13.3 Å². The van der Waals surface area contributed by atoms with Crippen molar-refractivity contribution in [3.8, 4) is 0 Å². The first kappa shape index (κ1) is 8.41. The number of rotatable bonds is 2. The molecule has 2 heteroatoms. The normalized spacial score (nSPS) is 34.2. The standard InChI is InChI=1S/C8H17NS/c1-8(5-6-9)4-2-3-7-10-8/h2-7,9H2,1H3. The summed E-state index contributed by atoms with van der Waals surface area (Å²) in [5, 5.41) is 0. The molecule has 60 valence electrons. The highest BCUT2D eigenvalue weighted by Crippen LogP contribution is 2.38. The molecule has 0 saturated carbocycles. The van der Waals surface area contributed by atoms with Crippen LogP contribution in [0.25, 0.3) is 0 Å². The zero-order valence-corrected chi connectivity index (χ0v) is 7.54. The molecule has 1 nitrogen and oxygen atoms in total. The minimum absolute atomic E-state index is 0.521. The highest BCUT2D eigenvalue weighted by Gasteiger charge is 2.25. The van der Waals surface area contributed by atoms with E-state index in [4.69, 9.17) is 5.73 Å². The van der Waals surface area contributed by atoms with E-state index in [1.165, 1.54) is 31.4 Å². The predicted octanol–water partition coefficient (Wildman–Crippen LogP) is 2.01. The molecule has 2 N–H and O–H groups in total. The molecule has 0 aromatic carbocycles. The molecular weight excluding hydrogens is 142 g/mol. The van der Waals surface area contributed by atoms with Gasteiger partial charge in [0.05, 0.1) is 0 Å². The zero-order chi connectivity index (χ0) is 7.45. The fourth-order valence-electron chi connectivity index (χ4n) is 1.49. The summed E-state index contributed by atoms with van der Waals surface area (Å²) in [6.45, 7) is 3.20. The van der Waals surface area contributed by atoms with Gasteiger partial charge in [-0.2, -0.15) is 11.8 Å². The second-order valence-electron chi connectivity index (χ2n) is 3.29. The molecule has 1 heterocycles. The lowest BCUT2D eigenvalue weighted by molar-refractivity contribution is 0.508. The van der Waals surface area contributed by atoms with E-state index in [0.29, 0.717) is 4.75 Å². The minimum atomic E-state index is 0.521. The van der Waals surface area contributed by atoms with E-state index in [9.17, 15) is 0 Å². The summed E-state index contributed by atoms with van der Waals surface area (Å²) in [7, 11) is 0. The number of thioether (sulfide) groups is 1. The van der Waals surface area contributed by atoms with E-state index in [-0.39, 0.29) is 0 Å². The lowest BCUT2D eigenvalue weighted by Gasteiger charge is -2.32. The maximum absolute atomic E-state index is 5.53. The Bertz CT molecular complexity index is 91.9. The average molecular weight is 159 g/mol. The van der Waals surface area contributed by atoms with Crippen LogP contribution in [0.5, 0.6) is 0 Å².